The molecule has 1 aliphatic carbocycles. The van der Waals surface area contributed by atoms with E-state index in [1.807, 2.05) is 4.90 Å². The van der Waals surface area contributed by atoms with E-state index in [0.29, 0.717) is 45.9 Å². The normalized spacial score (nSPS) is 28.1. The second-order valence-electron chi connectivity index (χ2n) is 8.73. The molecular weight excluding hydrogens is 388 g/mol. The molecule has 4 fully saturated rings. The van der Waals surface area contributed by atoms with Crippen molar-refractivity contribution in [1.29, 1.82) is 0 Å². The zero-order valence-corrected chi connectivity index (χ0v) is 17.6. The van der Waals surface area contributed by atoms with Crippen LogP contribution in [-0.4, -0.2) is 109 Å². The molecule has 4 amide bonds. The molecule has 0 bridgehead atoms. The summed E-state index contributed by atoms with van der Waals surface area (Å²) < 4.78 is 5.31. The van der Waals surface area contributed by atoms with Crippen LogP contribution in [0.3, 0.4) is 0 Å². The Bertz CT molecular complexity index is 661. The number of morpholine rings is 1. The number of hydrogen-bond donors (Lipinski definition) is 0. The van der Waals surface area contributed by atoms with Gasteiger partial charge in [0.2, 0.25) is 23.6 Å². The summed E-state index contributed by atoms with van der Waals surface area (Å²) in [5.41, 5.74) is 0. The fraction of sp³-hybridized carbons (Fsp3) is 0.810. The molecule has 9 heteroatoms. The van der Waals surface area contributed by atoms with Gasteiger partial charge in [-0.1, -0.05) is 12.8 Å². The first-order valence-corrected chi connectivity index (χ1v) is 11.3. The van der Waals surface area contributed by atoms with Crippen molar-refractivity contribution in [3.05, 3.63) is 0 Å². The van der Waals surface area contributed by atoms with Crippen molar-refractivity contribution in [2.75, 3.05) is 65.6 Å². The number of amides is 4. The summed E-state index contributed by atoms with van der Waals surface area (Å²) in [4.78, 5) is 57.2. The fourth-order valence-electron chi connectivity index (χ4n) is 5.07. The van der Waals surface area contributed by atoms with Gasteiger partial charge in [0, 0.05) is 52.2 Å². The highest BCUT2D eigenvalue weighted by Crippen LogP contribution is 2.38. The lowest BCUT2D eigenvalue weighted by Crippen LogP contribution is -2.53. The van der Waals surface area contributed by atoms with Crippen molar-refractivity contribution in [3.8, 4) is 0 Å². The highest BCUT2D eigenvalue weighted by molar-refractivity contribution is 6.05. The van der Waals surface area contributed by atoms with Crippen molar-refractivity contribution in [1.82, 2.24) is 19.6 Å². The summed E-state index contributed by atoms with van der Waals surface area (Å²) in [5, 5.41) is 0. The third-order valence-corrected chi connectivity index (χ3v) is 6.93. The summed E-state index contributed by atoms with van der Waals surface area (Å²) in [6, 6.07) is 0. The maximum atomic E-state index is 12.6. The van der Waals surface area contributed by atoms with Gasteiger partial charge >= 0.3 is 0 Å². The Hall–Kier alpha value is -2.00. The van der Waals surface area contributed by atoms with Gasteiger partial charge in [-0.2, -0.15) is 0 Å². The molecule has 1 saturated carbocycles. The summed E-state index contributed by atoms with van der Waals surface area (Å²) in [7, 11) is 0. The molecule has 3 saturated heterocycles. The zero-order valence-electron chi connectivity index (χ0n) is 17.6. The third kappa shape index (κ3) is 4.51. The minimum Gasteiger partial charge on any atom is -0.379 e. The smallest absolute Gasteiger partial charge is 0.236 e. The van der Waals surface area contributed by atoms with Crippen molar-refractivity contribution >= 4 is 23.6 Å². The lowest BCUT2D eigenvalue weighted by molar-refractivity contribution is -0.143. The van der Waals surface area contributed by atoms with E-state index in [1.54, 1.807) is 4.90 Å². The van der Waals surface area contributed by atoms with Crippen LogP contribution in [0.15, 0.2) is 0 Å². The molecule has 3 heterocycles. The first kappa shape index (κ1) is 21.2. The van der Waals surface area contributed by atoms with Gasteiger partial charge in [-0.25, -0.2) is 0 Å². The second-order valence-corrected chi connectivity index (χ2v) is 8.73. The maximum absolute atomic E-state index is 12.6. The molecule has 0 N–H and O–H groups in total. The highest BCUT2D eigenvalue weighted by atomic mass is 16.5. The Labute approximate surface area is 177 Å². The number of nitrogens with zero attached hydrogens (tertiary/aromatic N) is 4. The molecule has 0 spiro atoms. The molecule has 30 heavy (non-hydrogen) atoms. The van der Waals surface area contributed by atoms with Crippen LogP contribution in [-0.2, 0) is 23.9 Å². The highest BCUT2D eigenvalue weighted by Gasteiger charge is 2.47. The first-order valence-electron chi connectivity index (χ1n) is 11.3. The molecule has 0 radical (unpaired) electrons. The molecule has 0 aromatic heterocycles. The average molecular weight is 421 g/mol. The van der Waals surface area contributed by atoms with E-state index in [0.717, 1.165) is 38.8 Å². The third-order valence-electron chi connectivity index (χ3n) is 6.93. The van der Waals surface area contributed by atoms with Gasteiger partial charge in [0.1, 0.15) is 0 Å². The number of rotatable bonds is 5. The number of likely N-dealkylation sites (tertiary alicyclic amines) is 1. The number of piperazine rings is 1. The number of fused-ring (bicyclic) bond motifs is 1. The van der Waals surface area contributed by atoms with Gasteiger partial charge in [0.15, 0.2) is 0 Å². The molecule has 9 nitrogen and oxygen atoms in total. The van der Waals surface area contributed by atoms with Gasteiger partial charge < -0.3 is 14.5 Å². The zero-order chi connectivity index (χ0) is 21.1. The summed E-state index contributed by atoms with van der Waals surface area (Å²) in [6.45, 7) is 5.53. The molecule has 2 unspecified atom stereocenters. The van der Waals surface area contributed by atoms with E-state index >= 15 is 0 Å². The second kappa shape index (κ2) is 9.43. The molecule has 2 atom stereocenters. The predicted molar refractivity (Wildman–Crippen MR) is 107 cm³/mol. The summed E-state index contributed by atoms with van der Waals surface area (Å²) in [6.07, 6.45) is 3.75. The molecular formula is C21H32N4O5. The van der Waals surface area contributed by atoms with Crippen LogP contribution in [0, 0.1) is 11.8 Å². The van der Waals surface area contributed by atoms with Gasteiger partial charge in [-0.15, -0.1) is 0 Å². The summed E-state index contributed by atoms with van der Waals surface area (Å²) in [5.74, 6) is -0.456. The van der Waals surface area contributed by atoms with E-state index in [9.17, 15) is 19.2 Å². The number of carbonyl (C=O) groups excluding carboxylic acids is 4. The van der Waals surface area contributed by atoms with Gasteiger partial charge in [-0.3, -0.25) is 29.0 Å². The molecule has 0 aromatic carbocycles. The van der Waals surface area contributed by atoms with Crippen LogP contribution in [0.4, 0.5) is 0 Å². The largest absolute Gasteiger partial charge is 0.379 e. The van der Waals surface area contributed by atoms with E-state index < -0.39 is 0 Å². The van der Waals surface area contributed by atoms with E-state index in [4.69, 9.17) is 4.74 Å². The van der Waals surface area contributed by atoms with Crippen molar-refractivity contribution in [2.45, 2.75) is 32.1 Å². The number of hydrogen-bond acceptors (Lipinski definition) is 6. The summed E-state index contributed by atoms with van der Waals surface area (Å²) >= 11 is 0. The molecule has 166 valence electrons. The van der Waals surface area contributed by atoms with Crippen LogP contribution < -0.4 is 0 Å². The Morgan fingerprint density at radius 1 is 0.800 bits per heavy atom. The van der Waals surface area contributed by atoms with Crippen LogP contribution >= 0.6 is 0 Å². The van der Waals surface area contributed by atoms with E-state index in [1.165, 1.54) is 4.90 Å². The standard InChI is InChI=1S/C21H32N4O5/c26-18(5-6-25-20(28)16-3-1-2-4-17(16)21(25)29)23-7-9-24(10-8-23)19(27)15-22-11-13-30-14-12-22/h16-17H,1-15H2. The number of imide groups is 1. The average Bonchev–Trinajstić information content (AvgIpc) is 3.03. The molecule has 3 aliphatic heterocycles. The van der Waals surface area contributed by atoms with Gasteiger partial charge in [0.05, 0.1) is 31.6 Å². The van der Waals surface area contributed by atoms with Crippen LogP contribution in [0.5, 0.6) is 0 Å². The van der Waals surface area contributed by atoms with Crippen molar-refractivity contribution in [3.63, 3.8) is 0 Å². The predicted octanol–water partition coefficient (Wildman–Crippen LogP) is -0.445. The first-order chi connectivity index (χ1) is 14.5. The van der Waals surface area contributed by atoms with Crippen LogP contribution in [0.1, 0.15) is 32.1 Å². The Morgan fingerprint density at radius 3 is 1.90 bits per heavy atom. The Morgan fingerprint density at radius 2 is 1.33 bits per heavy atom. The van der Waals surface area contributed by atoms with Gasteiger partial charge in [0.25, 0.3) is 0 Å². The molecule has 0 aromatic rings. The minimum absolute atomic E-state index is 0.0502. The van der Waals surface area contributed by atoms with E-state index in [2.05, 4.69) is 4.90 Å². The number of ether oxygens (including phenoxy) is 1. The fourth-order valence-corrected chi connectivity index (χ4v) is 5.07. The van der Waals surface area contributed by atoms with Crippen LogP contribution in [0.2, 0.25) is 0 Å². The van der Waals surface area contributed by atoms with Crippen LogP contribution in [0.25, 0.3) is 0 Å². The SMILES string of the molecule is O=C(CCN1C(=O)C2CCCCC2C1=O)N1CCN(C(=O)CN2CCOCC2)CC1. The minimum atomic E-state index is -0.164. The Kier molecular flexibility index (Phi) is 6.67. The monoisotopic (exact) mass is 420 g/mol. The lowest BCUT2D eigenvalue weighted by atomic mass is 9.81. The van der Waals surface area contributed by atoms with Gasteiger partial charge in [-0.05, 0) is 12.8 Å². The van der Waals surface area contributed by atoms with Crippen molar-refractivity contribution in [2.24, 2.45) is 11.8 Å². The maximum Gasteiger partial charge on any atom is 0.236 e. The number of carbonyl (C=O) groups is 4. The molecule has 4 rings (SSSR count). The lowest BCUT2D eigenvalue weighted by Gasteiger charge is -2.36. The Balaban J connectivity index is 1.20. The van der Waals surface area contributed by atoms with E-state index in [-0.39, 0.29) is 48.4 Å². The van der Waals surface area contributed by atoms with Crippen molar-refractivity contribution < 1.29 is 23.9 Å². The topological polar surface area (TPSA) is 90.5 Å². The molecule has 4 aliphatic rings. The quantitative estimate of drug-likeness (QED) is 0.560.